The lowest BCUT2D eigenvalue weighted by Crippen LogP contribution is -2.60. The minimum absolute atomic E-state index is 0.0519. The smallest absolute Gasteiger partial charge is 0.249 e. The molecule has 3 amide bonds. The minimum Gasteiger partial charge on any atom is -0.497 e. The quantitative estimate of drug-likeness (QED) is 0.184. The number of ether oxygens (including phenoxy) is 1. The summed E-state index contributed by atoms with van der Waals surface area (Å²) in [6, 6.07) is 18.2. The molecular weight excluding hydrogens is 618 g/mol. The van der Waals surface area contributed by atoms with Crippen molar-refractivity contribution in [2.45, 2.75) is 76.7 Å². The van der Waals surface area contributed by atoms with E-state index in [0.717, 1.165) is 17.2 Å². The number of aryl methyl sites for hydroxylation is 1. The molecule has 1 fully saturated rings. The Morgan fingerprint density at radius 2 is 1.67 bits per heavy atom. The van der Waals surface area contributed by atoms with E-state index in [2.05, 4.69) is 16.0 Å². The van der Waals surface area contributed by atoms with E-state index in [-0.39, 0.29) is 49.2 Å². The van der Waals surface area contributed by atoms with E-state index >= 15 is 0 Å². The van der Waals surface area contributed by atoms with Crippen molar-refractivity contribution in [3.63, 3.8) is 0 Å². The number of methoxy groups -OCH3 is 1. The van der Waals surface area contributed by atoms with E-state index in [0.29, 0.717) is 25.1 Å². The van der Waals surface area contributed by atoms with Gasteiger partial charge in [-0.2, -0.15) is 0 Å². The Kier molecular flexibility index (Phi) is 12.7. The molecule has 258 valence electrons. The number of halogens is 2. The van der Waals surface area contributed by atoms with Gasteiger partial charge in [0.05, 0.1) is 19.3 Å². The van der Waals surface area contributed by atoms with Crippen LogP contribution in [0, 0.1) is 17.6 Å². The van der Waals surface area contributed by atoms with Gasteiger partial charge in [0.15, 0.2) is 0 Å². The first-order valence-electron chi connectivity index (χ1n) is 16.3. The fourth-order valence-electron chi connectivity index (χ4n) is 6.38. The van der Waals surface area contributed by atoms with E-state index in [1.54, 1.807) is 7.11 Å². The van der Waals surface area contributed by atoms with Gasteiger partial charge in [-0.15, -0.1) is 0 Å². The molecule has 48 heavy (non-hydrogen) atoms. The zero-order chi connectivity index (χ0) is 34.8. The Hall–Kier alpha value is -4.35. The number of aliphatic hydroxyl groups excluding tert-OH is 1. The van der Waals surface area contributed by atoms with Gasteiger partial charge in [-0.25, -0.2) is 8.78 Å². The monoisotopic (exact) mass is 664 g/mol. The number of likely N-dealkylation sites (tertiary alicyclic amines) is 1. The van der Waals surface area contributed by atoms with Crippen molar-refractivity contribution in [3.8, 4) is 5.75 Å². The van der Waals surface area contributed by atoms with Crippen LogP contribution >= 0.6 is 0 Å². The molecule has 3 aromatic rings. The van der Waals surface area contributed by atoms with Crippen molar-refractivity contribution < 1.29 is 33.0 Å². The van der Waals surface area contributed by atoms with Crippen molar-refractivity contribution in [2.24, 2.45) is 5.92 Å². The van der Waals surface area contributed by atoms with Gasteiger partial charge in [0, 0.05) is 32.6 Å². The molecule has 1 saturated heterocycles. The highest BCUT2D eigenvalue weighted by atomic mass is 19.1. The van der Waals surface area contributed by atoms with Crippen molar-refractivity contribution in [1.82, 2.24) is 20.9 Å². The maximum absolute atomic E-state index is 14.2. The standard InChI is InChI=1S/C37H46F2N4O5/c1-24(2)37(42-25(3)44)15-16-43(36(37)47)33(14-13-26-9-6-5-7-10-26)35(46)41-32(20-28-17-29(38)21-30(39)18-28)34(45)23-40-22-27-11-8-12-31(19-27)48-4/h5-12,17-19,21,24,32-34,40,45H,13-16,20,22-23H2,1-4H3,(H,41,46)(H,42,44)/t32-,33-,34-,37?/m0/s1. The Morgan fingerprint density at radius 3 is 2.31 bits per heavy atom. The van der Waals surface area contributed by atoms with E-state index < -0.39 is 41.3 Å². The average molecular weight is 665 g/mol. The van der Waals surface area contributed by atoms with Gasteiger partial charge < -0.3 is 30.7 Å². The van der Waals surface area contributed by atoms with Crippen LogP contribution in [0.2, 0.25) is 0 Å². The fraction of sp³-hybridized carbons (Fsp3) is 0.432. The molecule has 11 heteroatoms. The second-order valence-corrected chi connectivity index (χ2v) is 12.7. The molecular formula is C37H46F2N4O5. The highest BCUT2D eigenvalue weighted by molar-refractivity contribution is 5.96. The van der Waals surface area contributed by atoms with Gasteiger partial charge in [-0.05, 0) is 72.6 Å². The molecule has 1 heterocycles. The maximum atomic E-state index is 14.2. The summed E-state index contributed by atoms with van der Waals surface area (Å²) < 4.78 is 33.6. The second kappa shape index (κ2) is 16.7. The van der Waals surface area contributed by atoms with Gasteiger partial charge in [0.25, 0.3) is 0 Å². The number of carbonyl (C=O) groups is 3. The van der Waals surface area contributed by atoms with Gasteiger partial charge in [0.1, 0.15) is 29.0 Å². The SMILES string of the molecule is COc1cccc(CNC[C@H](O)[C@H](Cc2cc(F)cc(F)c2)NC(=O)[C@H](CCc2ccccc2)N2CCC(NC(C)=O)(C(C)C)C2=O)c1. The lowest BCUT2D eigenvalue weighted by atomic mass is 9.84. The normalized spacial score (nSPS) is 18.0. The summed E-state index contributed by atoms with van der Waals surface area (Å²) >= 11 is 0. The van der Waals surface area contributed by atoms with Crippen molar-refractivity contribution >= 4 is 17.7 Å². The van der Waals surface area contributed by atoms with Crippen LogP contribution in [-0.2, 0) is 33.8 Å². The number of aliphatic hydroxyl groups is 1. The number of hydrogen-bond acceptors (Lipinski definition) is 6. The molecule has 0 spiro atoms. The minimum atomic E-state index is -1.16. The van der Waals surface area contributed by atoms with Gasteiger partial charge in [0.2, 0.25) is 17.7 Å². The molecule has 1 aliphatic rings. The van der Waals surface area contributed by atoms with Crippen LogP contribution in [0.25, 0.3) is 0 Å². The van der Waals surface area contributed by atoms with Crippen LogP contribution in [-0.4, -0.2) is 71.7 Å². The topological polar surface area (TPSA) is 120 Å². The molecule has 4 atom stereocenters. The molecule has 4 rings (SSSR count). The molecule has 0 aromatic heterocycles. The highest BCUT2D eigenvalue weighted by Crippen LogP contribution is 2.33. The second-order valence-electron chi connectivity index (χ2n) is 12.7. The third-order valence-electron chi connectivity index (χ3n) is 8.99. The number of benzene rings is 3. The molecule has 0 saturated carbocycles. The molecule has 1 aliphatic heterocycles. The summed E-state index contributed by atoms with van der Waals surface area (Å²) in [5, 5.41) is 20.4. The van der Waals surface area contributed by atoms with Crippen LogP contribution in [0.15, 0.2) is 72.8 Å². The van der Waals surface area contributed by atoms with E-state index in [1.165, 1.54) is 24.0 Å². The van der Waals surface area contributed by atoms with E-state index in [9.17, 15) is 28.3 Å². The number of carbonyl (C=O) groups excluding carboxylic acids is 3. The molecule has 1 unspecified atom stereocenters. The number of hydrogen-bond donors (Lipinski definition) is 4. The maximum Gasteiger partial charge on any atom is 0.249 e. The van der Waals surface area contributed by atoms with Crippen LogP contribution < -0.4 is 20.7 Å². The molecule has 0 aliphatic carbocycles. The van der Waals surface area contributed by atoms with Crippen molar-refractivity contribution in [1.29, 1.82) is 0 Å². The molecule has 0 radical (unpaired) electrons. The summed E-state index contributed by atoms with van der Waals surface area (Å²) in [4.78, 5) is 42.0. The van der Waals surface area contributed by atoms with Crippen LogP contribution in [0.1, 0.15) is 50.3 Å². The Bertz CT molecular complexity index is 1540. The molecule has 0 bridgehead atoms. The number of nitrogens with zero attached hydrogens (tertiary/aromatic N) is 1. The summed E-state index contributed by atoms with van der Waals surface area (Å²) in [6.07, 6.45) is -0.127. The lowest BCUT2D eigenvalue weighted by molar-refractivity contribution is -0.144. The number of amides is 3. The van der Waals surface area contributed by atoms with Crippen LogP contribution in [0.3, 0.4) is 0 Å². The Balaban J connectivity index is 1.59. The predicted molar refractivity (Wildman–Crippen MR) is 179 cm³/mol. The number of rotatable bonds is 16. The zero-order valence-electron chi connectivity index (χ0n) is 28.0. The van der Waals surface area contributed by atoms with E-state index in [4.69, 9.17) is 4.74 Å². The summed E-state index contributed by atoms with van der Waals surface area (Å²) in [5.41, 5.74) is 0.995. The van der Waals surface area contributed by atoms with Crippen molar-refractivity contribution in [2.75, 3.05) is 20.2 Å². The number of nitrogens with one attached hydrogen (secondary N) is 3. The third-order valence-corrected chi connectivity index (χ3v) is 8.99. The average Bonchev–Trinajstić information content (AvgIpc) is 3.36. The highest BCUT2D eigenvalue weighted by Gasteiger charge is 2.52. The van der Waals surface area contributed by atoms with Crippen LogP contribution in [0.4, 0.5) is 8.78 Å². The summed E-state index contributed by atoms with van der Waals surface area (Å²) in [6.45, 7) is 5.78. The summed E-state index contributed by atoms with van der Waals surface area (Å²) in [5.74, 6) is -2.27. The fourth-order valence-corrected chi connectivity index (χ4v) is 6.38. The first-order chi connectivity index (χ1) is 22.9. The predicted octanol–water partition coefficient (Wildman–Crippen LogP) is 3.92. The largest absolute Gasteiger partial charge is 0.497 e. The first kappa shape index (κ1) is 36.5. The summed E-state index contributed by atoms with van der Waals surface area (Å²) in [7, 11) is 1.57. The van der Waals surface area contributed by atoms with Gasteiger partial charge in [-0.1, -0.05) is 56.3 Å². The van der Waals surface area contributed by atoms with Gasteiger partial charge in [-0.3, -0.25) is 14.4 Å². The van der Waals surface area contributed by atoms with Crippen molar-refractivity contribution in [3.05, 3.63) is 101 Å². The molecule has 9 nitrogen and oxygen atoms in total. The third kappa shape index (κ3) is 9.38. The molecule has 4 N–H and O–H groups in total. The van der Waals surface area contributed by atoms with Gasteiger partial charge >= 0.3 is 0 Å². The zero-order valence-corrected chi connectivity index (χ0v) is 28.0. The Morgan fingerprint density at radius 1 is 0.979 bits per heavy atom. The van der Waals surface area contributed by atoms with E-state index in [1.807, 2.05) is 68.4 Å². The van der Waals surface area contributed by atoms with Crippen LogP contribution in [0.5, 0.6) is 5.75 Å². The lowest BCUT2D eigenvalue weighted by Gasteiger charge is -2.35. The molecule has 3 aromatic carbocycles. The first-order valence-corrected chi connectivity index (χ1v) is 16.3. The Labute approximate surface area is 281 Å².